The van der Waals surface area contributed by atoms with Crippen molar-refractivity contribution in [2.75, 3.05) is 33.4 Å². The zero-order valence-electron chi connectivity index (χ0n) is 12.3. The molecule has 2 aliphatic rings. The predicted octanol–water partition coefficient (Wildman–Crippen LogP) is 1.38. The van der Waals surface area contributed by atoms with Crippen LogP contribution in [0.15, 0.2) is 0 Å². The summed E-state index contributed by atoms with van der Waals surface area (Å²) in [7, 11) is 1.74. The van der Waals surface area contributed by atoms with Crippen molar-refractivity contribution >= 4 is 0 Å². The molecule has 2 rings (SSSR count). The standard InChI is InChI=1S/C15H30N2O2/c1-19-11-9-16-12-13-6-4-5-10-17(13)14-7-2-3-8-15(14)18/h13-16,18H,2-12H2,1H3. The topological polar surface area (TPSA) is 44.7 Å². The third-order valence-electron chi connectivity index (χ3n) is 4.66. The summed E-state index contributed by atoms with van der Waals surface area (Å²) in [6.45, 7) is 3.90. The second-order valence-corrected chi connectivity index (χ2v) is 6.00. The zero-order chi connectivity index (χ0) is 13.5. The molecule has 4 nitrogen and oxygen atoms in total. The number of aliphatic hydroxyl groups is 1. The van der Waals surface area contributed by atoms with Crippen molar-refractivity contribution in [2.24, 2.45) is 0 Å². The van der Waals surface area contributed by atoms with Gasteiger partial charge in [0.15, 0.2) is 0 Å². The summed E-state index contributed by atoms with van der Waals surface area (Å²) >= 11 is 0. The number of aliphatic hydroxyl groups excluding tert-OH is 1. The molecule has 1 aliphatic carbocycles. The smallest absolute Gasteiger partial charge is 0.0695 e. The lowest BCUT2D eigenvalue weighted by Gasteiger charge is -2.45. The molecule has 0 spiro atoms. The number of piperidine rings is 1. The van der Waals surface area contributed by atoms with E-state index in [1.165, 1.54) is 45.1 Å². The number of methoxy groups -OCH3 is 1. The molecule has 0 radical (unpaired) electrons. The summed E-state index contributed by atoms with van der Waals surface area (Å²) in [6, 6.07) is 1.01. The highest BCUT2D eigenvalue weighted by molar-refractivity contribution is 4.89. The molecule has 0 aromatic carbocycles. The van der Waals surface area contributed by atoms with E-state index in [1.54, 1.807) is 7.11 Å². The van der Waals surface area contributed by atoms with Gasteiger partial charge in [0.05, 0.1) is 12.7 Å². The van der Waals surface area contributed by atoms with E-state index < -0.39 is 0 Å². The Kier molecular flexibility index (Phi) is 6.57. The average molecular weight is 270 g/mol. The molecule has 1 saturated heterocycles. The first-order valence-electron chi connectivity index (χ1n) is 7.96. The van der Waals surface area contributed by atoms with Crippen LogP contribution in [0.4, 0.5) is 0 Å². The van der Waals surface area contributed by atoms with Crippen LogP contribution in [-0.4, -0.2) is 61.5 Å². The van der Waals surface area contributed by atoms with Crippen molar-refractivity contribution in [1.82, 2.24) is 10.2 Å². The highest BCUT2D eigenvalue weighted by atomic mass is 16.5. The molecule has 3 atom stereocenters. The van der Waals surface area contributed by atoms with E-state index >= 15 is 0 Å². The molecule has 2 N–H and O–H groups in total. The van der Waals surface area contributed by atoms with E-state index in [4.69, 9.17) is 4.74 Å². The van der Waals surface area contributed by atoms with E-state index in [0.717, 1.165) is 26.1 Å². The Balaban J connectivity index is 1.84. The van der Waals surface area contributed by atoms with Gasteiger partial charge < -0.3 is 15.2 Å². The van der Waals surface area contributed by atoms with Crippen LogP contribution in [0.2, 0.25) is 0 Å². The van der Waals surface area contributed by atoms with Crippen LogP contribution < -0.4 is 5.32 Å². The first kappa shape index (κ1) is 15.2. The van der Waals surface area contributed by atoms with Gasteiger partial charge in [-0.3, -0.25) is 4.90 Å². The molecule has 19 heavy (non-hydrogen) atoms. The van der Waals surface area contributed by atoms with Gasteiger partial charge in [0.25, 0.3) is 0 Å². The second kappa shape index (κ2) is 8.20. The molecule has 0 amide bonds. The maximum absolute atomic E-state index is 10.3. The molecule has 1 heterocycles. The lowest BCUT2D eigenvalue weighted by atomic mass is 9.88. The predicted molar refractivity (Wildman–Crippen MR) is 77.4 cm³/mol. The molecule has 4 heteroatoms. The van der Waals surface area contributed by atoms with Gasteiger partial charge in [0.2, 0.25) is 0 Å². The van der Waals surface area contributed by atoms with Gasteiger partial charge in [0, 0.05) is 32.3 Å². The molecule has 1 saturated carbocycles. The molecule has 0 bridgehead atoms. The minimum Gasteiger partial charge on any atom is -0.391 e. The number of hydrogen-bond acceptors (Lipinski definition) is 4. The van der Waals surface area contributed by atoms with Crippen LogP contribution in [-0.2, 0) is 4.74 Å². The zero-order valence-corrected chi connectivity index (χ0v) is 12.3. The minimum atomic E-state index is -0.103. The lowest BCUT2D eigenvalue weighted by Crippen LogP contribution is -2.55. The highest BCUT2D eigenvalue weighted by Crippen LogP contribution is 2.28. The van der Waals surface area contributed by atoms with Crippen LogP contribution >= 0.6 is 0 Å². The van der Waals surface area contributed by atoms with Gasteiger partial charge in [-0.15, -0.1) is 0 Å². The Morgan fingerprint density at radius 2 is 1.95 bits per heavy atom. The average Bonchev–Trinajstić information content (AvgIpc) is 2.45. The van der Waals surface area contributed by atoms with Crippen molar-refractivity contribution in [3.63, 3.8) is 0 Å². The molecule has 0 aromatic rings. The highest BCUT2D eigenvalue weighted by Gasteiger charge is 2.34. The SMILES string of the molecule is COCCNCC1CCCCN1C1CCCCC1O. The van der Waals surface area contributed by atoms with Gasteiger partial charge in [-0.1, -0.05) is 19.3 Å². The molecule has 3 unspecified atom stereocenters. The Morgan fingerprint density at radius 1 is 1.16 bits per heavy atom. The van der Waals surface area contributed by atoms with Crippen LogP contribution in [0.25, 0.3) is 0 Å². The minimum absolute atomic E-state index is 0.103. The lowest BCUT2D eigenvalue weighted by molar-refractivity contribution is -0.0148. The fourth-order valence-electron chi connectivity index (χ4n) is 3.60. The number of rotatable bonds is 6. The van der Waals surface area contributed by atoms with Crippen molar-refractivity contribution < 1.29 is 9.84 Å². The molecule has 2 fully saturated rings. The summed E-state index contributed by atoms with van der Waals surface area (Å²) < 4.78 is 5.08. The summed E-state index contributed by atoms with van der Waals surface area (Å²) in [4.78, 5) is 2.59. The van der Waals surface area contributed by atoms with Crippen LogP contribution in [0, 0.1) is 0 Å². The van der Waals surface area contributed by atoms with Gasteiger partial charge in [-0.25, -0.2) is 0 Å². The van der Waals surface area contributed by atoms with E-state index in [9.17, 15) is 5.11 Å². The first-order chi connectivity index (χ1) is 9.33. The Morgan fingerprint density at radius 3 is 2.74 bits per heavy atom. The maximum Gasteiger partial charge on any atom is 0.0695 e. The van der Waals surface area contributed by atoms with E-state index in [0.29, 0.717) is 12.1 Å². The van der Waals surface area contributed by atoms with Gasteiger partial charge in [0.1, 0.15) is 0 Å². The third kappa shape index (κ3) is 4.42. The fraction of sp³-hybridized carbons (Fsp3) is 1.00. The van der Waals surface area contributed by atoms with Gasteiger partial charge in [-0.05, 0) is 32.2 Å². The van der Waals surface area contributed by atoms with Crippen molar-refractivity contribution in [3.8, 4) is 0 Å². The number of likely N-dealkylation sites (tertiary alicyclic amines) is 1. The molecule has 112 valence electrons. The number of hydrogen-bond donors (Lipinski definition) is 2. The number of ether oxygens (including phenoxy) is 1. The number of nitrogens with one attached hydrogen (secondary N) is 1. The monoisotopic (exact) mass is 270 g/mol. The van der Waals surface area contributed by atoms with Crippen LogP contribution in [0.3, 0.4) is 0 Å². The van der Waals surface area contributed by atoms with Crippen molar-refractivity contribution in [1.29, 1.82) is 0 Å². The van der Waals surface area contributed by atoms with Crippen molar-refractivity contribution in [2.45, 2.75) is 63.1 Å². The quantitative estimate of drug-likeness (QED) is 0.716. The molecule has 0 aromatic heterocycles. The molecular formula is C15H30N2O2. The third-order valence-corrected chi connectivity index (χ3v) is 4.66. The van der Waals surface area contributed by atoms with Gasteiger partial charge >= 0.3 is 0 Å². The maximum atomic E-state index is 10.3. The van der Waals surface area contributed by atoms with Crippen LogP contribution in [0.1, 0.15) is 44.9 Å². The number of nitrogens with zero attached hydrogens (tertiary/aromatic N) is 1. The van der Waals surface area contributed by atoms with E-state index in [1.807, 2.05) is 0 Å². The van der Waals surface area contributed by atoms with Crippen molar-refractivity contribution in [3.05, 3.63) is 0 Å². The Hall–Kier alpha value is -0.160. The first-order valence-corrected chi connectivity index (χ1v) is 7.96. The summed E-state index contributed by atoms with van der Waals surface area (Å²) in [5.41, 5.74) is 0. The molecular weight excluding hydrogens is 240 g/mol. The van der Waals surface area contributed by atoms with Gasteiger partial charge in [-0.2, -0.15) is 0 Å². The second-order valence-electron chi connectivity index (χ2n) is 6.00. The largest absolute Gasteiger partial charge is 0.391 e. The normalized spacial score (nSPS) is 33.5. The fourth-order valence-corrected chi connectivity index (χ4v) is 3.60. The van der Waals surface area contributed by atoms with Crippen LogP contribution in [0.5, 0.6) is 0 Å². The summed E-state index contributed by atoms with van der Waals surface area (Å²) in [5, 5.41) is 13.8. The summed E-state index contributed by atoms with van der Waals surface area (Å²) in [6.07, 6.45) is 8.43. The Bertz CT molecular complexity index is 250. The molecule has 1 aliphatic heterocycles. The Labute approximate surface area is 117 Å². The summed E-state index contributed by atoms with van der Waals surface area (Å²) in [5.74, 6) is 0. The van der Waals surface area contributed by atoms with E-state index in [2.05, 4.69) is 10.2 Å². The van der Waals surface area contributed by atoms with E-state index in [-0.39, 0.29) is 6.10 Å².